The minimum atomic E-state index is -1.42. The van der Waals surface area contributed by atoms with Crippen LogP contribution in [0.25, 0.3) is 0 Å². The average Bonchev–Trinajstić information content (AvgIpc) is 2.88. The molecule has 1 heterocycles. The van der Waals surface area contributed by atoms with Gasteiger partial charge in [0.05, 0.1) is 17.2 Å². The number of nitrogens with one attached hydrogen (secondary N) is 2. The first-order chi connectivity index (χ1) is 18.8. The van der Waals surface area contributed by atoms with Crippen LogP contribution >= 0.6 is 0 Å². The Balaban J connectivity index is 2.34. The van der Waals surface area contributed by atoms with E-state index in [2.05, 4.69) is 17.6 Å². The Morgan fingerprint density at radius 3 is 2.33 bits per heavy atom. The fraction of sp³-hybridized carbons (Fsp3) is 0.621. The number of esters is 3. The molecule has 2 rings (SSSR count). The maximum Gasteiger partial charge on any atom is 0.332 e. The van der Waals surface area contributed by atoms with Crippen LogP contribution in [-0.4, -0.2) is 59.2 Å². The van der Waals surface area contributed by atoms with E-state index >= 15 is 0 Å². The minimum Gasteiger partial charge on any atom is -0.505 e. The zero-order valence-corrected chi connectivity index (χ0v) is 24.2. The van der Waals surface area contributed by atoms with E-state index in [1.165, 1.54) is 39.0 Å². The number of aromatic hydroxyl groups is 1. The molecule has 1 fully saturated rings. The molecule has 5 atom stereocenters. The molecule has 0 radical (unpaired) electrons. The molecule has 40 heavy (non-hydrogen) atoms. The number of ether oxygens (including phenoxy) is 3. The highest BCUT2D eigenvalue weighted by molar-refractivity contribution is 6.02. The zero-order valence-electron chi connectivity index (χ0n) is 24.2. The molecule has 11 nitrogen and oxygen atoms in total. The molecule has 0 aliphatic carbocycles. The largest absolute Gasteiger partial charge is 0.505 e. The van der Waals surface area contributed by atoms with E-state index in [9.17, 15) is 29.1 Å². The monoisotopic (exact) mass is 562 g/mol. The first kappa shape index (κ1) is 32.6. The first-order valence-electron chi connectivity index (χ1n) is 13.9. The molecule has 1 aromatic carbocycles. The summed E-state index contributed by atoms with van der Waals surface area (Å²) in [5, 5.41) is 15.4. The van der Waals surface area contributed by atoms with Crippen LogP contribution in [0.5, 0.6) is 5.75 Å². The van der Waals surface area contributed by atoms with E-state index in [0.29, 0.717) is 12.8 Å². The van der Waals surface area contributed by atoms with Crippen molar-refractivity contribution in [3.8, 4) is 5.75 Å². The lowest BCUT2D eigenvalue weighted by Gasteiger charge is -2.29. The number of benzene rings is 1. The number of carbonyl (C=O) groups excluding carboxylic acids is 5. The van der Waals surface area contributed by atoms with Crippen molar-refractivity contribution in [2.75, 3.05) is 5.32 Å². The number of unbranched alkanes of at least 4 members (excludes halogenated alkanes) is 3. The Labute approximate surface area is 235 Å². The van der Waals surface area contributed by atoms with Crippen molar-refractivity contribution in [3.05, 3.63) is 23.8 Å². The number of amides is 2. The summed E-state index contributed by atoms with van der Waals surface area (Å²) in [6.07, 6.45) is 0.820. The molecule has 0 bridgehead atoms. The van der Waals surface area contributed by atoms with E-state index in [1.807, 2.05) is 13.8 Å². The Morgan fingerprint density at radius 2 is 1.70 bits per heavy atom. The lowest BCUT2D eigenvalue weighted by atomic mass is 9.92. The van der Waals surface area contributed by atoms with E-state index in [1.54, 1.807) is 0 Å². The third kappa shape index (κ3) is 9.24. The molecule has 1 saturated heterocycles. The van der Waals surface area contributed by atoms with Crippen molar-refractivity contribution >= 4 is 35.4 Å². The number of hydrogen-bond donors (Lipinski definition) is 3. The predicted octanol–water partition coefficient (Wildman–Crippen LogP) is 3.87. The Morgan fingerprint density at radius 1 is 1.02 bits per heavy atom. The number of phenolic OH excluding ortho intramolecular Hbond substituents is 1. The second-order valence-corrected chi connectivity index (χ2v) is 10.6. The average molecular weight is 563 g/mol. The van der Waals surface area contributed by atoms with Crippen molar-refractivity contribution in [1.82, 2.24) is 5.32 Å². The molecule has 0 saturated carbocycles. The Kier molecular flexibility index (Phi) is 12.4. The van der Waals surface area contributed by atoms with Crippen molar-refractivity contribution < 1.29 is 43.3 Å². The van der Waals surface area contributed by atoms with Crippen LogP contribution in [0.2, 0.25) is 0 Å². The van der Waals surface area contributed by atoms with Crippen LogP contribution in [0.15, 0.2) is 18.2 Å². The SMILES string of the molecule is CCCCCCC1C(=O)OC(C)C(NC(=O)c2cccc(NC(C)=O)c2O)C(=O)OC(C)C1OC(=O)CC(C)C. The highest BCUT2D eigenvalue weighted by atomic mass is 16.6. The third-order valence-electron chi connectivity index (χ3n) is 6.58. The number of rotatable bonds is 11. The molecule has 1 aromatic rings. The fourth-order valence-electron chi connectivity index (χ4n) is 4.51. The van der Waals surface area contributed by atoms with Gasteiger partial charge in [-0.2, -0.15) is 0 Å². The first-order valence-corrected chi connectivity index (χ1v) is 13.9. The number of phenols is 1. The summed E-state index contributed by atoms with van der Waals surface area (Å²) in [6, 6.07) is 2.75. The normalized spacial score (nSPS) is 23.2. The summed E-state index contributed by atoms with van der Waals surface area (Å²) in [7, 11) is 0. The molecule has 222 valence electrons. The van der Waals surface area contributed by atoms with Gasteiger partial charge in [-0.05, 0) is 38.3 Å². The quantitative estimate of drug-likeness (QED) is 0.158. The summed E-state index contributed by atoms with van der Waals surface area (Å²) < 4.78 is 17.0. The summed E-state index contributed by atoms with van der Waals surface area (Å²) in [5.41, 5.74) is -0.193. The molecule has 1 aliphatic heterocycles. The standard InChI is InChI=1S/C29H42N2O9/c1-7-8-9-10-12-21-26(40-23(33)15-16(2)3)18(5)39-29(37)24(17(4)38-28(21)36)31-27(35)20-13-11-14-22(25(20)34)30-19(6)32/h11,13-14,16-18,21,24,26,34H,7-10,12,15H2,1-6H3,(H,30,32)(H,31,35). The molecule has 0 aromatic heterocycles. The van der Waals surface area contributed by atoms with Crippen LogP contribution in [0.1, 0.15) is 90.4 Å². The zero-order chi connectivity index (χ0) is 30.0. The molecular formula is C29H42N2O9. The van der Waals surface area contributed by atoms with E-state index < -0.39 is 65.7 Å². The molecular weight excluding hydrogens is 520 g/mol. The van der Waals surface area contributed by atoms with Crippen LogP contribution in [0.3, 0.4) is 0 Å². The lowest BCUT2D eigenvalue weighted by molar-refractivity contribution is -0.175. The molecule has 3 N–H and O–H groups in total. The topological polar surface area (TPSA) is 157 Å². The Bertz CT molecular complexity index is 1070. The van der Waals surface area contributed by atoms with Crippen LogP contribution in [-0.2, 0) is 33.4 Å². The van der Waals surface area contributed by atoms with Crippen LogP contribution in [0, 0.1) is 11.8 Å². The molecule has 2 amide bonds. The van der Waals surface area contributed by atoms with Gasteiger partial charge < -0.3 is 30.0 Å². The van der Waals surface area contributed by atoms with Gasteiger partial charge in [-0.25, -0.2) is 4.79 Å². The summed E-state index contributed by atoms with van der Waals surface area (Å²) >= 11 is 0. The van der Waals surface area contributed by atoms with Gasteiger partial charge in [0.25, 0.3) is 5.91 Å². The van der Waals surface area contributed by atoms with E-state index in [4.69, 9.17) is 14.2 Å². The minimum absolute atomic E-state index is 0.0160. The van der Waals surface area contributed by atoms with Gasteiger partial charge in [0.1, 0.15) is 12.2 Å². The number of anilines is 1. The number of hydrogen-bond acceptors (Lipinski definition) is 9. The van der Waals surface area contributed by atoms with Crippen molar-refractivity contribution in [1.29, 1.82) is 0 Å². The van der Waals surface area contributed by atoms with Gasteiger partial charge >= 0.3 is 17.9 Å². The van der Waals surface area contributed by atoms with Crippen LogP contribution in [0.4, 0.5) is 5.69 Å². The number of carbonyl (C=O) groups is 5. The second kappa shape index (κ2) is 15.2. The summed E-state index contributed by atoms with van der Waals surface area (Å²) in [5.74, 6) is -4.70. The van der Waals surface area contributed by atoms with Gasteiger partial charge in [-0.3, -0.25) is 19.2 Å². The van der Waals surface area contributed by atoms with Crippen molar-refractivity contribution in [2.45, 2.75) is 104 Å². The summed E-state index contributed by atoms with van der Waals surface area (Å²) in [4.78, 5) is 63.7. The fourth-order valence-corrected chi connectivity index (χ4v) is 4.51. The van der Waals surface area contributed by atoms with Gasteiger partial charge in [-0.1, -0.05) is 52.5 Å². The maximum absolute atomic E-state index is 13.4. The predicted molar refractivity (Wildman–Crippen MR) is 146 cm³/mol. The molecule has 0 spiro atoms. The van der Waals surface area contributed by atoms with Gasteiger partial charge in [-0.15, -0.1) is 0 Å². The maximum atomic E-state index is 13.4. The molecule has 11 heteroatoms. The smallest absolute Gasteiger partial charge is 0.332 e. The number of para-hydroxylation sites is 1. The van der Waals surface area contributed by atoms with Gasteiger partial charge in [0.15, 0.2) is 17.9 Å². The van der Waals surface area contributed by atoms with Gasteiger partial charge in [0.2, 0.25) is 5.91 Å². The third-order valence-corrected chi connectivity index (χ3v) is 6.58. The van der Waals surface area contributed by atoms with E-state index in [-0.39, 0.29) is 23.6 Å². The van der Waals surface area contributed by atoms with E-state index in [0.717, 1.165) is 19.3 Å². The van der Waals surface area contributed by atoms with Crippen LogP contribution < -0.4 is 10.6 Å². The molecule has 1 aliphatic rings. The Hall–Kier alpha value is -3.63. The number of cyclic esters (lactones) is 2. The van der Waals surface area contributed by atoms with Crippen molar-refractivity contribution in [3.63, 3.8) is 0 Å². The highest BCUT2D eigenvalue weighted by Crippen LogP contribution is 2.29. The summed E-state index contributed by atoms with van der Waals surface area (Å²) in [6.45, 7) is 10.0. The second-order valence-electron chi connectivity index (χ2n) is 10.6. The molecule has 5 unspecified atom stereocenters. The highest BCUT2D eigenvalue weighted by Gasteiger charge is 2.44. The lowest BCUT2D eigenvalue weighted by Crippen LogP contribution is -2.50. The van der Waals surface area contributed by atoms with Gasteiger partial charge in [0, 0.05) is 13.3 Å². The van der Waals surface area contributed by atoms with Crippen molar-refractivity contribution in [2.24, 2.45) is 11.8 Å².